The lowest BCUT2D eigenvalue weighted by Crippen LogP contribution is -2.48. The molecule has 1 aliphatic heterocycles. The molecule has 7 nitrogen and oxygen atoms in total. The maximum absolute atomic E-state index is 12.7. The fourth-order valence-electron chi connectivity index (χ4n) is 2.63. The number of piperazine rings is 1. The fraction of sp³-hybridized carbons (Fsp3) is 0.571. The van der Waals surface area contributed by atoms with Crippen molar-refractivity contribution in [3.05, 3.63) is 33.9 Å². The van der Waals surface area contributed by atoms with Crippen molar-refractivity contribution in [1.29, 1.82) is 0 Å². The van der Waals surface area contributed by atoms with Gasteiger partial charge in [-0.2, -0.15) is 4.31 Å². The van der Waals surface area contributed by atoms with E-state index in [4.69, 9.17) is 0 Å². The Bertz CT molecular complexity index is 652. The van der Waals surface area contributed by atoms with Gasteiger partial charge in [-0.25, -0.2) is 8.42 Å². The third-order valence-electron chi connectivity index (χ3n) is 3.87. The number of sulfonamides is 1. The zero-order chi connectivity index (χ0) is 16.3. The van der Waals surface area contributed by atoms with Crippen LogP contribution >= 0.6 is 0 Å². The van der Waals surface area contributed by atoms with Gasteiger partial charge >= 0.3 is 0 Å². The summed E-state index contributed by atoms with van der Waals surface area (Å²) >= 11 is 0. The van der Waals surface area contributed by atoms with E-state index in [0.717, 1.165) is 19.0 Å². The Morgan fingerprint density at radius 2 is 1.86 bits per heavy atom. The first-order valence-corrected chi connectivity index (χ1v) is 8.78. The maximum Gasteiger partial charge on any atom is 0.270 e. The Labute approximate surface area is 130 Å². The highest BCUT2D eigenvalue weighted by molar-refractivity contribution is 7.89. The molecular weight excluding hydrogens is 306 g/mol. The molecule has 1 fully saturated rings. The molecule has 1 aromatic carbocycles. The number of aryl methyl sites for hydroxylation is 1. The monoisotopic (exact) mass is 327 g/mol. The van der Waals surface area contributed by atoms with Gasteiger partial charge in [-0.1, -0.05) is 13.0 Å². The van der Waals surface area contributed by atoms with Gasteiger partial charge in [-0.3, -0.25) is 10.1 Å². The molecule has 0 spiro atoms. The van der Waals surface area contributed by atoms with Crippen molar-refractivity contribution < 1.29 is 13.3 Å². The van der Waals surface area contributed by atoms with Crippen molar-refractivity contribution in [2.45, 2.75) is 25.2 Å². The second-order valence-electron chi connectivity index (χ2n) is 5.45. The Balaban J connectivity index is 2.24. The minimum absolute atomic E-state index is 0.0330. The summed E-state index contributed by atoms with van der Waals surface area (Å²) in [4.78, 5) is 12.6. The molecule has 0 aromatic heterocycles. The Kier molecular flexibility index (Phi) is 5.15. The molecule has 22 heavy (non-hydrogen) atoms. The summed E-state index contributed by atoms with van der Waals surface area (Å²) in [6.45, 7) is 6.94. The van der Waals surface area contributed by atoms with E-state index in [1.807, 2.05) is 0 Å². The predicted octanol–water partition coefficient (Wildman–Crippen LogP) is 1.62. The molecule has 0 saturated carbocycles. The van der Waals surface area contributed by atoms with Gasteiger partial charge in [0.15, 0.2) is 0 Å². The van der Waals surface area contributed by atoms with Gasteiger partial charge in [0.2, 0.25) is 10.0 Å². The largest absolute Gasteiger partial charge is 0.301 e. The van der Waals surface area contributed by atoms with Crippen molar-refractivity contribution in [3.63, 3.8) is 0 Å². The molecule has 1 saturated heterocycles. The topological polar surface area (TPSA) is 83.8 Å². The van der Waals surface area contributed by atoms with E-state index in [2.05, 4.69) is 11.8 Å². The summed E-state index contributed by atoms with van der Waals surface area (Å²) in [6.07, 6.45) is 1.04. The number of hydrogen-bond donors (Lipinski definition) is 0. The molecular formula is C14H21N3O4S. The summed E-state index contributed by atoms with van der Waals surface area (Å²) in [6, 6.07) is 3.97. The van der Waals surface area contributed by atoms with Crippen molar-refractivity contribution >= 4 is 15.7 Å². The molecule has 0 atom stereocenters. The van der Waals surface area contributed by atoms with E-state index in [1.54, 1.807) is 6.92 Å². The van der Waals surface area contributed by atoms with Gasteiger partial charge in [0, 0.05) is 38.3 Å². The first kappa shape index (κ1) is 16.9. The van der Waals surface area contributed by atoms with Crippen LogP contribution in [0.1, 0.15) is 18.9 Å². The smallest absolute Gasteiger partial charge is 0.270 e. The van der Waals surface area contributed by atoms with Gasteiger partial charge in [0.05, 0.1) is 9.82 Å². The number of rotatable bonds is 5. The van der Waals surface area contributed by atoms with Gasteiger partial charge in [-0.05, 0) is 25.5 Å². The Hall–Kier alpha value is -1.51. The van der Waals surface area contributed by atoms with E-state index in [1.165, 1.54) is 16.4 Å². The molecule has 0 N–H and O–H groups in total. The Morgan fingerprint density at radius 1 is 1.23 bits per heavy atom. The lowest BCUT2D eigenvalue weighted by atomic mass is 10.2. The number of hydrogen-bond acceptors (Lipinski definition) is 5. The van der Waals surface area contributed by atoms with Crippen molar-refractivity contribution in [2.24, 2.45) is 0 Å². The molecule has 0 unspecified atom stereocenters. The molecule has 2 rings (SSSR count). The molecule has 1 heterocycles. The molecule has 0 amide bonds. The quantitative estimate of drug-likeness (QED) is 0.606. The SMILES string of the molecule is CCCN1CCN(S(=O)(=O)c2cc([N+](=O)[O-])ccc2C)CC1. The number of nitro groups is 1. The third kappa shape index (κ3) is 3.45. The van der Waals surface area contributed by atoms with Crippen LogP contribution < -0.4 is 0 Å². The molecule has 1 aliphatic rings. The molecule has 122 valence electrons. The van der Waals surface area contributed by atoms with Crippen molar-refractivity contribution in [1.82, 2.24) is 9.21 Å². The van der Waals surface area contributed by atoms with Crippen LogP contribution in [-0.4, -0.2) is 55.3 Å². The van der Waals surface area contributed by atoms with E-state index >= 15 is 0 Å². The van der Waals surface area contributed by atoms with Gasteiger partial charge in [0.1, 0.15) is 0 Å². The molecule has 0 bridgehead atoms. The van der Waals surface area contributed by atoms with Gasteiger partial charge < -0.3 is 4.90 Å². The maximum atomic E-state index is 12.7. The van der Waals surface area contributed by atoms with Crippen molar-refractivity contribution in [2.75, 3.05) is 32.7 Å². The van der Waals surface area contributed by atoms with E-state index < -0.39 is 14.9 Å². The van der Waals surface area contributed by atoms with Crippen molar-refractivity contribution in [3.8, 4) is 0 Å². The first-order chi connectivity index (χ1) is 10.4. The van der Waals surface area contributed by atoms with Gasteiger partial charge in [-0.15, -0.1) is 0 Å². The summed E-state index contributed by atoms with van der Waals surface area (Å²) in [5.41, 5.74) is 0.329. The highest BCUT2D eigenvalue weighted by Crippen LogP contribution is 2.25. The average molecular weight is 327 g/mol. The second-order valence-corrected chi connectivity index (χ2v) is 7.36. The molecule has 0 aliphatic carbocycles. The number of nitrogens with zero attached hydrogens (tertiary/aromatic N) is 3. The number of benzene rings is 1. The summed E-state index contributed by atoms with van der Waals surface area (Å²) in [5.74, 6) is 0. The number of non-ortho nitro benzene ring substituents is 1. The summed E-state index contributed by atoms with van der Waals surface area (Å²) < 4.78 is 26.9. The first-order valence-electron chi connectivity index (χ1n) is 7.34. The van der Waals surface area contributed by atoms with E-state index in [-0.39, 0.29) is 10.6 Å². The normalized spacial score (nSPS) is 17.5. The zero-order valence-electron chi connectivity index (χ0n) is 12.9. The van der Waals surface area contributed by atoms with Crippen LogP contribution in [0, 0.1) is 17.0 Å². The molecule has 0 radical (unpaired) electrons. The van der Waals surface area contributed by atoms with Crippen LogP contribution in [-0.2, 0) is 10.0 Å². The highest BCUT2D eigenvalue weighted by atomic mass is 32.2. The van der Waals surface area contributed by atoms with Crippen LogP contribution in [0.4, 0.5) is 5.69 Å². The minimum Gasteiger partial charge on any atom is -0.301 e. The standard InChI is InChI=1S/C14H21N3O4S/c1-3-6-15-7-9-16(10-8-15)22(20,21)14-11-13(17(18)19)5-4-12(14)2/h4-5,11H,3,6-10H2,1-2H3. The average Bonchev–Trinajstić information content (AvgIpc) is 2.48. The molecule has 8 heteroatoms. The lowest BCUT2D eigenvalue weighted by Gasteiger charge is -2.33. The minimum atomic E-state index is -3.68. The summed E-state index contributed by atoms with van der Waals surface area (Å²) in [5, 5.41) is 10.9. The van der Waals surface area contributed by atoms with Gasteiger partial charge in [0.25, 0.3) is 5.69 Å². The van der Waals surface area contributed by atoms with Crippen LogP contribution in [0.5, 0.6) is 0 Å². The van der Waals surface area contributed by atoms with Crippen LogP contribution in [0.25, 0.3) is 0 Å². The molecule has 1 aromatic rings. The highest BCUT2D eigenvalue weighted by Gasteiger charge is 2.30. The zero-order valence-corrected chi connectivity index (χ0v) is 13.7. The van der Waals surface area contributed by atoms with E-state index in [9.17, 15) is 18.5 Å². The predicted molar refractivity (Wildman–Crippen MR) is 83.3 cm³/mol. The second kappa shape index (κ2) is 6.72. The lowest BCUT2D eigenvalue weighted by molar-refractivity contribution is -0.385. The van der Waals surface area contributed by atoms with Crippen LogP contribution in [0.15, 0.2) is 23.1 Å². The van der Waals surface area contributed by atoms with Crippen LogP contribution in [0.3, 0.4) is 0 Å². The number of nitro benzene ring substituents is 1. The summed E-state index contributed by atoms with van der Waals surface area (Å²) in [7, 11) is -3.68. The van der Waals surface area contributed by atoms with E-state index in [0.29, 0.717) is 31.7 Å². The fourth-order valence-corrected chi connectivity index (χ4v) is 4.30. The van der Waals surface area contributed by atoms with Crippen LogP contribution in [0.2, 0.25) is 0 Å². The third-order valence-corrected chi connectivity index (χ3v) is 5.91. The Morgan fingerprint density at radius 3 is 2.41 bits per heavy atom.